The number of aliphatic hydroxyl groups excluding tert-OH is 1. The summed E-state index contributed by atoms with van der Waals surface area (Å²) >= 11 is 0. The Labute approximate surface area is 183 Å². The van der Waals surface area contributed by atoms with Crippen LogP contribution < -0.4 is 14.8 Å². The first-order valence-electron chi connectivity index (χ1n) is 10.2. The summed E-state index contributed by atoms with van der Waals surface area (Å²) in [6.07, 6.45) is -0.876. The van der Waals surface area contributed by atoms with Gasteiger partial charge in [-0.1, -0.05) is 25.0 Å². The van der Waals surface area contributed by atoms with E-state index in [2.05, 4.69) is 15.0 Å². The molecule has 0 bridgehead atoms. The van der Waals surface area contributed by atoms with Crippen LogP contribution >= 0.6 is 0 Å². The van der Waals surface area contributed by atoms with E-state index in [1.54, 1.807) is 6.07 Å². The number of carbonyl (C=O) groups excluding carboxylic acids is 1. The van der Waals surface area contributed by atoms with Crippen LogP contribution in [-0.4, -0.2) is 54.8 Å². The molecule has 0 spiro atoms. The van der Waals surface area contributed by atoms with Gasteiger partial charge in [0.05, 0.1) is 24.3 Å². The van der Waals surface area contributed by atoms with Crippen LogP contribution in [0.1, 0.15) is 36.0 Å². The van der Waals surface area contributed by atoms with Gasteiger partial charge in [-0.15, -0.1) is 13.2 Å². The Morgan fingerprint density at radius 2 is 1.91 bits per heavy atom. The van der Waals surface area contributed by atoms with E-state index >= 15 is 0 Å². The van der Waals surface area contributed by atoms with Crippen LogP contribution in [0.5, 0.6) is 11.6 Å². The van der Waals surface area contributed by atoms with Crippen molar-refractivity contribution >= 4 is 5.91 Å². The average Bonchev–Trinajstić information content (AvgIpc) is 2.75. The Balaban J connectivity index is 1.85. The summed E-state index contributed by atoms with van der Waals surface area (Å²) in [5, 5.41) is 12.9. The number of hydrogen-bond acceptors (Lipinski definition) is 6. The fourth-order valence-electron chi connectivity index (χ4n) is 3.49. The van der Waals surface area contributed by atoms with Gasteiger partial charge in [0, 0.05) is 18.9 Å². The summed E-state index contributed by atoms with van der Waals surface area (Å²) < 4.78 is 51.8. The molecule has 10 heteroatoms. The van der Waals surface area contributed by atoms with Gasteiger partial charge in [-0.25, -0.2) is 4.98 Å². The topological polar surface area (TPSA) is 89.9 Å². The number of hydrogen-bond donors (Lipinski definition) is 2. The van der Waals surface area contributed by atoms with Gasteiger partial charge in [-0.3, -0.25) is 4.79 Å². The third kappa shape index (κ3) is 6.57. The monoisotopic (exact) mass is 454 g/mol. The summed E-state index contributed by atoms with van der Waals surface area (Å²) in [7, 11) is 1.52. The molecular formula is C22H25F3N2O5. The largest absolute Gasteiger partial charge is 0.573 e. The number of pyridine rings is 1. The minimum atomic E-state index is -4.79. The van der Waals surface area contributed by atoms with E-state index in [4.69, 9.17) is 9.47 Å². The first-order chi connectivity index (χ1) is 15.3. The Hall–Kier alpha value is -2.85. The number of carbonyl (C=O) groups is 1. The van der Waals surface area contributed by atoms with E-state index in [1.807, 2.05) is 0 Å². The number of amides is 1. The Morgan fingerprint density at radius 3 is 2.56 bits per heavy atom. The van der Waals surface area contributed by atoms with E-state index < -0.39 is 18.4 Å². The predicted octanol–water partition coefficient (Wildman–Crippen LogP) is 3.71. The van der Waals surface area contributed by atoms with E-state index in [0.717, 1.165) is 12.8 Å². The summed E-state index contributed by atoms with van der Waals surface area (Å²) in [5.74, 6) is -0.554. The van der Waals surface area contributed by atoms with Gasteiger partial charge in [-0.2, -0.15) is 0 Å². The number of ether oxygens (including phenoxy) is 3. The minimum absolute atomic E-state index is 0.200. The second kappa shape index (κ2) is 10.6. The lowest BCUT2D eigenvalue weighted by Gasteiger charge is -2.28. The Kier molecular flexibility index (Phi) is 7.92. The standard InChI is InChI=1S/C22H25F3N2O5/c1-30-10-11-31-21-17(14-6-8-16(9-7-14)32-22(23,24)25)12-15(13-26-21)20(29)27-18-4-2-3-5-19(18)28/h6-9,12-13,18-19,28H,2-5,10-11H2,1H3,(H,27,29). The highest BCUT2D eigenvalue weighted by atomic mass is 19.4. The molecule has 1 saturated carbocycles. The van der Waals surface area contributed by atoms with Crippen molar-refractivity contribution < 1.29 is 37.3 Å². The lowest BCUT2D eigenvalue weighted by molar-refractivity contribution is -0.274. The number of aliphatic hydroxyl groups is 1. The molecule has 0 radical (unpaired) electrons. The average molecular weight is 454 g/mol. The molecule has 1 fully saturated rings. The van der Waals surface area contributed by atoms with Gasteiger partial charge < -0.3 is 24.6 Å². The zero-order valence-electron chi connectivity index (χ0n) is 17.5. The summed E-state index contributed by atoms with van der Waals surface area (Å²) in [6.45, 7) is 0.507. The van der Waals surface area contributed by atoms with Gasteiger partial charge in [0.25, 0.3) is 5.91 Å². The summed E-state index contributed by atoms with van der Waals surface area (Å²) in [6, 6.07) is 6.41. The highest BCUT2D eigenvalue weighted by Gasteiger charge is 2.31. The SMILES string of the molecule is COCCOc1ncc(C(=O)NC2CCCCC2O)cc1-c1ccc(OC(F)(F)F)cc1. The lowest BCUT2D eigenvalue weighted by Crippen LogP contribution is -2.45. The number of halogens is 3. The molecule has 1 aromatic carbocycles. The van der Waals surface area contributed by atoms with Crippen molar-refractivity contribution in [2.45, 2.75) is 44.2 Å². The van der Waals surface area contributed by atoms with Gasteiger partial charge in [-0.05, 0) is 36.6 Å². The van der Waals surface area contributed by atoms with Crippen molar-refractivity contribution in [2.24, 2.45) is 0 Å². The predicted molar refractivity (Wildman–Crippen MR) is 109 cm³/mol. The normalized spacial score (nSPS) is 18.8. The van der Waals surface area contributed by atoms with Crippen molar-refractivity contribution in [3.8, 4) is 22.8 Å². The van der Waals surface area contributed by atoms with Crippen LogP contribution in [0, 0.1) is 0 Å². The van der Waals surface area contributed by atoms with Crippen LogP contribution in [0.4, 0.5) is 13.2 Å². The molecule has 0 saturated heterocycles. The molecule has 32 heavy (non-hydrogen) atoms. The molecule has 3 rings (SSSR count). The van der Waals surface area contributed by atoms with Crippen LogP contribution in [0.25, 0.3) is 11.1 Å². The molecule has 2 N–H and O–H groups in total. The second-order valence-electron chi connectivity index (χ2n) is 7.42. The minimum Gasteiger partial charge on any atom is -0.475 e. The Bertz CT molecular complexity index is 905. The maximum absolute atomic E-state index is 12.8. The molecule has 1 amide bonds. The highest BCUT2D eigenvalue weighted by Crippen LogP contribution is 2.32. The number of nitrogens with one attached hydrogen (secondary N) is 1. The van der Waals surface area contributed by atoms with Crippen molar-refractivity contribution in [3.63, 3.8) is 0 Å². The van der Waals surface area contributed by atoms with Crippen LogP contribution in [-0.2, 0) is 4.74 Å². The molecule has 2 unspecified atom stereocenters. The number of benzene rings is 1. The lowest BCUT2D eigenvalue weighted by atomic mass is 9.92. The van der Waals surface area contributed by atoms with Crippen molar-refractivity contribution in [3.05, 3.63) is 42.1 Å². The Morgan fingerprint density at radius 1 is 1.19 bits per heavy atom. The molecular weight excluding hydrogens is 429 g/mol. The second-order valence-corrected chi connectivity index (χ2v) is 7.42. The third-order valence-corrected chi connectivity index (χ3v) is 5.08. The quantitative estimate of drug-likeness (QED) is 0.592. The molecule has 1 heterocycles. The summed E-state index contributed by atoms with van der Waals surface area (Å²) in [5.41, 5.74) is 1.16. The van der Waals surface area contributed by atoms with E-state index in [-0.39, 0.29) is 29.8 Å². The fourth-order valence-corrected chi connectivity index (χ4v) is 3.49. The maximum atomic E-state index is 12.8. The van der Waals surface area contributed by atoms with Gasteiger partial charge in [0.2, 0.25) is 5.88 Å². The number of alkyl halides is 3. The van der Waals surface area contributed by atoms with Gasteiger partial charge in [0.15, 0.2) is 0 Å². The van der Waals surface area contributed by atoms with E-state index in [1.165, 1.54) is 37.6 Å². The number of rotatable bonds is 8. The van der Waals surface area contributed by atoms with Crippen LogP contribution in [0.3, 0.4) is 0 Å². The van der Waals surface area contributed by atoms with E-state index in [0.29, 0.717) is 30.6 Å². The van der Waals surface area contributed by atoms with Crippen molar-refractivity contribution in [1.29, 1.82) is 0 Å². The molecule has 2 atom stereocenters. The fraction of sp³-hybridized carbons (Fsp3) is 0.455. The van der Waals surface area contributed by atoms with E-state index in [9.17, 15) is 23.1 Å². The maximum Gasteiger partial charge on any atom is 0.573 e. The third-order valence-electron chi connectivity index (χ3n) is 5.08. The molecule has 174 valence electrons. The zero-order valence-corrected chi connectivity index (χ0v) is 17.5. The van der Waals surface area contributed by atoms with Gasteiger partial charge >= 0.3 is 6.36 Å². The molecule has 0 aliphatic heterocycles. The molecule has 1 aliphatic carbocycles. The molecule has 2 aromatic rings. The number of methoxy groups -OCH3 is 1. The van der Waals surface area contributed by atoms with Gasteiger partial charge in [0.1, 0.15) is 12.4 Å². The van der Waals surface area contributed by atoms with Crippen molar-refractivity contribution in [1.82, 2.24) is 10.3 Å². The number of nitrogens with zero attached hydrogens (tertiary/aromatic N) is 1. The highest BCUT2D eigenvalue weighted by molar-refractivity contribution is 5.95. The summed E-state index contributed by atoms with van der Waals surface area (Å²) in [4.78, 5) is 17.0. The van der Waals surface area contributed by atoms with Crippen LogP contribution in [0.2, 0.25) is 0 Å². The molecule has 1 aliphatic rings. The smallest absolute Gasteiger partial charge is 0.475 e. The molecule has 7 nitrogen and oxygen atoms in total. The van der Waals surface area contributed by atoms with Crippen molar-refractivity contribution in [2.75, 3.05) is 20.3 Å². The first kappa shape index (κ1) is 23.8. The first-order valence-corrected chi connectivity index (χ1v) is 10.2. The molecule has 1 aromatic heterocycles. The number of aromatic nitrogens is 1. The van der Waals surface area contributed by atoms with Crippen LogP contribution in [0.15, 0.2) is 36.5 Å². The zero-order chi connectivity index (χ0) is 23.1.